The lowest BCUT2D eigenvalue weighted by Crippen LogP contribution is -2.53. The molecule has 8 atom stereocenters. The van der Waals surface area contributed by atoms with E-state index >= 15 is 0 Å². The van der Waals surface area contributed by atoms with Crippen LogP contribution in [0.5, 0.6) is 0 Å². The summed E-state index contributed by atoms with van der Waals surface area (Å²) in [6, 6.07) is 0.659. The van der Waals surface area contributed by atoms with Gasteiger partial charge in [-0.2, -0.15) is 5.06 Å². The van der Waals surface area contributed by atoms with Gasteiger partial charge >= 0.3 is 0 Å². The number of hydroxylamine groups is 2. The van der Waals surface area contributed by atoms with E-state index in [0.717, 1.165) is 37.6 Å². The van der Waals surface area contributed by atoms with Crippen molar-refractivity contribution in [2.75, 3.05) is 26.4 Å². The third kappa shape index (κ3) is 7.44. The zero-order valence-electron chi connectivity index (χ0n) is 24.2. The summed E-state index contributed by atoms with van der Waals surface area (Å²) in [5.41, 5.74) is 0. The van der Waals surface area contributed by atoms with Gasteiger partial charge in [-0.05, 0) is 94.4 Å². The molecule has 2 saturated heterocycles. The molecule has 6 unspecified atom stereocenters. The van der Waals surface area contributed by atoms with E-state index in [9.17, 15) is 15.0 Å². The highest BCUT2D eigenvalue weighted by molar-refractivity contribution is 5.81. The lowest BCUT2D eigenvalue weighted by molar-refractivity contribution is -0.196. The number of nitrogens with one attached hydrogen (secondary N) is 2. The summed E-state index contributed by atoms with van der Waals surface area (Å²) < 4.78 is 0. The van der Waals surface area contributed by atoms with Gasteiger partial charge in [-0.3, -0.25) is 9.63 Å². The van der Waals surface area contributed by atoms with Crippen molar-refractivity contribution >= 4 is 5.91 Å². The molecule has 0 radical (unpaired) electrons. The average molecular weight is 547 g/mol. The number of rotatable bonds is 10. The smallest absolute Gasteiger partial charge is 0.254 e. The fraction of sp³-hybridized carbons (Fsp3) is 0.903. The minimum absolute atomic E-state index is 0.136. The third-order valence-corrected chi connectivity index (χ3v) is 10.4. The second kappa shape index (κ2) is 14.2. The fourth-order valence-electron chi connectivity index (χ4n) is 8.30. The van der Waals surface area contributed by atoms with Crippen molar-refractivity contribution in [1.82, 2.24) is 20.6 Å². The maximum Gasteiger partial charge on any atom is 0.254 e. The second-order valence-electron chi connectivity index (χ2n) is 13.2. The van der Waals surface area contributed by atoms with Crippen molar-refractivity contribution in [2.24, 2.45) is 29.6 Å². The molecule has 0 aromatic rings. The van der Waals surface area contributed by atoms with Crippen molar-refractivity contribution in [3.63, 3.8) is 0 Å². The summed E-state index contributed by atoms with van der Waals surface area (Å²) in [6.07, 6.45) is 20.3. The quantitative estimate of drug-likeness (QED) is 0.310. The first-order chi connectivity index (χ1) is 19.0. The van der Waals surface area contributed by atoms with E-state index < -0.39 is 18.5 Å². The van der Waals surface area contributed by atoms with Gasteiger partial charge in [0.1, 0.15) is 0 Å². The van der Waals surface area contributed by atoms with Crippen LogP contribution in [-0.2, 0) is 9.63 Å². The van der Waals surface area contributed by atoms with Crippen molar-refractivity contribution in [3.8, 4) is 0 Å². The monoisotopic (exact) mass is 546 g/mol. The van der Waals surface area contributed by atoms with Crippen LogP contribution in [0.4, 0.5) is 0 Å². The molecule has 222 valence electrons. The molecule has 0 aromatic carbocycles. The molecule has 2 heterocycles. The van der Waals surface area contributed by atoms with Gasteiger partial charge in [-0.1, -0.05) is 50.7 Å². The number of hydrogen-bond donors (Lipinski definition) is 4. The number of fused-ring (bicyclic) bond motifs is 1. The van der Waals surface area contributed by atoms with Crippen LogP contribution in [0.2, 0.25) is 0 Å². The Bertz CT molecular complexity index is 803. The number of nitrogens with zero attached hydrogens (tertiary/aromatic N) is 2. The van der Waals surface area contributed by atoms with Crippen molar-refractivity contribution in [1.29, 1.82) is 0 Å². The average Bonchev–Trinajstić information content (AvgIpc) is 3.54. The number of carbonyl (C=O) groups is 1. The molecule has 0 bridgehead atoms. The zero-order valence-corrected chi connectivity index (χ0v) is 24.2. The largest absolute Gasteiger partial charge is 0.389 e. The Kier molecular flexibility index (Phi) is 10.8. The van der Waals surface area contributed by atoms with Gasteiger partial charge in [0.25, 0.3) is 5.91 Å². The number of amides is 1. The Labute approximate surface area is 235 Å². The normalized spacial score (nSPS) is 37.8. The lowest BCUT2D eigenvalue weighted by atomic mass is 9.79. The fourth-order valence-corrected chi connectivity index (χ4v) is 8.30. The molecular formula is C31H54N4O4. The van der Waals surface area contributed by atoms with Gasteiger partial charge in [0.2, 0.25) is 0 Å². The highest BCUT2D eigenvalue weighted by Gasteiger charge is 2.47. The summed E-state index contributed by atoms with van der Waals surface area (Å²) in [4.78, 5) is 21.3. The molecular weight excluding hydrogens is 492 g/mol. The van der Waals surface area contributed by atoms with Crippen LogP contribution in [0.15, 0.2) is 12.2 Å². The number of aliphatic hydroxyl groups excluding tert-OH is 2. The second-order valence-corrected chi connectivity index (χ2v) is 13.2. The molecule has 2 aliphatic heterocycles. The van der Waals surface area contributed by atoms with Crippen molar-refractivity contribution in [2.45, 2.75) is 121 Å². The number of carbonyl (C=O) groups excluding carboxylic acids is 1. The summed E-state index contributed by atoms with van der Waals surface area (Å²) in [5.74, 6) is 2.99. The first kappa shape index (κ1) is 29.5. The van der Waals surface area contributed by atoms with E-state index in [0.29, 0.717) is 36.9 Å². The van der Waals surface area contributed by atoms with Crippen LogP contribution in [0.3, 0.4) is 0 Å². The number of aliphatic hydroxyl groups is 2. The Balaban J connectivity index is 1.16. The van der Waals surface area contributed by atoms with Crippen LogP contribution < -0.4 is 10.6 Å². The molecule has 5 fully saturated rings. The van der Waals surface area contributed by atoms with E-state index in [1.54, 1.807) is 16.9 Å². The van der Waals surface area contributed by atoms with E-state index in [2.05, 4.69) is 22.8 Å². The van der Waals surface area contributed by atoms with Gasteiger partial charge in [0.15, 0.2) is 12.4 Å². The predicted molar refractivity (Wildman–Crippen MR) is 152 cm³/mol. The van der Waals surface area contributed by atoms with Gasteiger partial charge in [0.05, 0.1) is 12.8 Å². The highest BCUT2D eigenvalue weighted by atomic mass is 16.7. The topological polar surface area (TPSA) is 97.3 Å². The molecule has 0 aromatic heterocycles. The number of allylic oxidation sites excluding steroid dienone is 2. The Morgan fingerprint density at radius 3 is 2.56 bits per heavy atom. The van der Waals surface area contributed by atoms with Gasteiger partial charge in [-0.25, -0.2) is 4.90 Å². The lowest BCUT2D eigenvalue weighted by Gasteiger charge is -2.32. The van der Waals surface area contributed by atoms with Crippen LogP contribution in [0.25, 0.3) is 0 Å². The summed E-state index contributed by atoms with van der Waals surface area (Å²) in [6.45, 7) is 3.65. The minimum Gasteiger partial charge on any atom is -0.389 e. The summed E-state index contributed by atoms with van der Waals surface area (Å²) in [7, 11) is 0. The van der Waals surface area contributed by atoms with E-state index in [4.69, 9.17) is 4.84 Å². The molecule has 4 N–H and O–H groups in total. The van der Waals surface area contributed by atoms with Crippen LogP contribution >= 0.6 is 0 Å². The van der Waals surface area contributed by atoms with Crippen molar-refractivity contribution < 1.29 is 19.8 Å². The van der Waals surface area contributed by atoms with E-state index in [1.807, 2.05) is 0 Å². The molecule has 0 spiro atoms. The third-order valence-electron chi connectivity index (χ3n) is 10.4. The van der Waals surface area contributed by atoms with Gasteiger partial charge in [-0.15, -0.1) is 0 Å². The Morgan fingerprint density at radius 2 is 1.77 bits per heavy atom. The molecule has 5 rings (SSSR count). The summed E-state index contributed by atoms with van der Waals surface area (Å²) >= 11 is 0. The molecule has 3 saturated carbocycles. The van der Waals surface area contributed by atoms with Gasteiger partial charge in [0, 0.05) is 19.1 Å². The minimum atomic E-state index is -0.817. The van der Waals surface area contributed by atoms with Crippen LogP contribution in [0.1, 0.15) is 96.8 Å². The SMILES string of the molecule is C[C@H](O)[C@H]1ON(CC2CCCC(/C=C/C3CCCCC3)C2)C(C(=O)NCCC2CNC3CCCCC23)N1CO. The van der Waals surface area contributed by atoms with Gasteiger partial charge < -0.3 is 20.8 Å². The number of hydrogen-bond acceptors (Lipinski definition) is 7. The maximum absolute atomic E-state index is 13.5. The maximum atomic E-state index is 13.5. The van der Waals surface area contributed by atoms with Crippen LogP contribution in [0, 0.1) is 29.6 Å². The highest BCUT2D eigenvalue weighted by Crippen LogP contribution is 2.37. The predicted octanol–water partition coefficient (Wildman–Crippen LogP) is 3.75. The Hall–Kier alpha value is -1.03. The molecule has 5 aliphatic rings. The van der Waals surface area contributed by atoms with E-state index in [-0.39, 0.29) is 12.6 Å². The zero-order chi connectivity index (χ0) is 27.2. The first-order valence-electron chi connectivity index (χ1n) is 16.2. The molecule has 1 amide bonds. The molecule has 39 heavy (non-hydrogen) atoms. The standard InChI is InChI=1S/C31H54N4O4/c1-22(37)31-34(21-36)30(29(38)32-17-16-26-19-33-28-13-6-5-12-27(26)28)35(39-31)20-25-11-7-10-24(18-25)15-14-23-8-3-2-4-9-23/h14-15,22-28,30-31,33,36-37H,2-13,16-21H2,1H3,(H,32,38)/b15-14+/t22-,24?,25?,26?,27?,28?,30?,31+/m0/s1. The van der Waals surface area contributed by atoms with E-state index in [1.165, 1.54) is 70.6 Å². The van der Waals surface area contributed by atoms with Crippen LogP contribution in [-0.4, -0.2) is 77.0 Å². The summed E-state index contributed by atoms with van der Waals surface area (Å²) in [5, 5.41) is 29.2. The molecule has 3 aliphatic carbocycles. The molecule has 8 nitrogen and oxygen atoms in total. The molecule has 8 heteroatoms. The first-order valence-corrected chi connectivity index (χ1v) is 16.2. The Morgan fingerprint density at radius 1 is 1.03 bits per heavy atom. The van der Waals surface area contributed by atoms with Crippen molar-refractivity contribution in [3.05, 3.63) is 12.2 Å².